The predicted molar refractivity (Wildman–Crippen MR) is 112 cm³/mol. The zero-order valence-electron chi connectivity index (χ0n) is 15.6. The summed E-state index contributed by atoms with van der Waals surface area (Å²) in [6, 6.07) is 17.3. The first kappa shape index (κ1) is 15.9. The van der Waals surface area contributed by atoms with Crippen molar-refractivity contribution in [3.05, 3.63) is 60.3 Å². The Labute approximate surface area is 156 Å². The quantitative estimate of drug-likeness (QED) is 0.322. The van der Waals surface area contributed by atoms with E-state index in [4.69, 9.17) is 9.72 Å². The van der Waals surface area contributed by atoms with Crippen LogP contribution in [-0.2, 0) is 0 Å². The first-order valence-corrected chi connectivity index (χ1v) is 16.4. The maximum atomic E-state index is 6.44. The number of fused-ring (bicyclic) bond motifs is 3. The third kappa shape index (κ3) is 2.15. The summed E-state index contributed by atoms with van der Waals surface area (Å²) in [6.07, 6.45) is 1.96. The molecule has 1 aliphatic rings. The van der Waals surface area contributed by atoms with Gasteiger partial charge in [-0.15, -0.1) is 0 Å². The topological polar surface area (TPSA) is 22.1 Å². The molecule has 3 heteroatoms. The molecular weight excluding hydrogens is 379 g/mol. The van der Waals surface area contributed by atoms with Crippen LogP contribution in [0.1, 0.15) is 5.56 Å². The Morgan fingerprint density at radius 1 is 0.923 bits per heavy atom. The molecule has 0 radical (unpaired) electrons. The van der Waals surface area contributed by atoms with E-state index in [0.717, 1.165) is 22.8 Å². The number of benzene rings is 3. The zero-order valence-corrected chi connectivity index (χ0v) is 17.6. The SMILES string of the molecule is Cc1c2c(cc3ccccc13)-c1nccc3[c]([Ge]([CH3])([CH3])[CH3])ccc(c13)O2. The number of aromatic nitrogens is 1. The van der Waals surface area contributed by atoms with Crippen molar-refractivity contribution in [2.24, 2.45) is 0 Å². The fourth-order valence-electron chi connectivity index (χ4n) is 4.14. The van der Waals surface area contributed by atoms with Crippen LogP contribution in [0.3, 0.4) is 0 Å². The van der Waals surface area contributed by atoms with Crippen molar-refractivity contribution in [1.29, 1.82) is 0 Å². The minimum atomic E-state index is -2.00. The van der Waals surface area contributed by atoms with Crippen LogP contribution in [-0.4, -0.2) is 18.3 Å². The third-order valence-corrected chi connectivity index (χ3v) is 9.72. The number of aryl methyl sites for hydroxylation is 1. The number of ether oxygens (including phenoxy) is 1. The Hall–Kier alpha value is -2.33. The second kappa shape index (κ2) is 5.34. The monoisotopic (exact) mass is 401 g/mol. The van der Waals surface area contributed by atoms with Crippen LogP contribution in [0, 0.1) is 6.92 Å². The van der Waals surface area contributed by atoms with Crippen molar-refractivity contribution in [1.82, 2.24) is 4.98 Å². The average Bonchev–Trinajstić information content (AvgIpc) is 2.62. The van der Waals surface area contributed by atoms with Crippen molar-refractivity contribution in [2.75, 3.05) is 0 Å². The van der Waals surface area contributed by atoms with Gasteiger partial charge in [0.1, 0.15) is 0 Å². The van der Waals surface area contributed by atoms with E-state index in [1.807, 2.05) is 6.20 Å². The van der Waals surface area contributed by atoms with Crippen molar-refractivity contribution >= 4 is 39.2 Å². The van der Waals surface area contributed by atoms with E-state index in [0.29, 0.717) is 0 Å². The van der Waals surface area contributed by atoms with Gasteiger partial charge in [0.2, 0.25) is 0 Å². The second-order valence-electron chi connectivity index (χ2n) is 8.14. The summed E-state index contributed by atoms with van der Waals surface area (Å²) in [6.45, 7) is 2.14. The van der Waals surface area contributed by atoms with Gasteiger partial charge in [-0.05, 0) is 0 Å². The van der Waals surface area contributed by atoms with E-state index in [9.17, 15) is 0 Å². The van der Waals surface area contributed by atoms with Crippen LogP contribution in [0.25, 0.3) is 32.8 Å². The minimum absolute atomic E-state index is 0.935. The molecule has 0 spiro atoms. The Bertz CT molecular complexity index is 1200. The van der Waals surface area contributed by atoms with E-state index in [1.54, 1.807) is 0 Å². The first-order valence-electron chi connectivity index (χ1n) is 9.08. The zero-order chi connectivity index (χ0) is 18.1. The van der Waals surface area contributed by atoms with Crippen LogP contribution >= 0.6 is 0 Å². The molecule has 0 N–H and O–H groups in total. The van der Waals surface area contributed by atoms with E-state index in [-0.39, 0.29) is 0 Å². The Morgan fingerprint density at radius 3 is 2.54 bits per heavy atom. The number of rotatable bonds is 1. The van der Waals surface area contributed by atoms with Gasteiger partial charge in [-0.3, -0.25) is 0 Å². The van der Waals surface area contributed by atoms with Crippen LogP contribution in [0.4, 0.5) is 0 Å². The standard InChI is InChI=1S/C23H21GeNO/c1-14-16-8-6-5-7-15(16)13-18-22-21-17(11-12-25-22)19(24(2,3)4)9-10-20(21)26-23(14)18/h5-13H,1-4H3. The molecule has 128 valence electrons. The molecular formula is C23H21GeNO. The molecule has 0 aliphatic carbocycles. The number of hydrogen-bond donors (Lipinski definition) is 0. The Morgan fingerprint density at radius 2 is 1.73 bits per heavy atom. The van der Waals surface area contributed by atoms with E-state index in [1.165, 1.54) is 31.5 Å². The summed E-state index contributed by atoms with van der Waals surface area (Å²) in [5.41, 5.74) is 3.35. The second-order valence-corrected chi connectivity index (χ2v) is 18.7. The van der Waals surface area contributed by atoms with Gasteiger partial charge in [0.15, 0.2) is 0 Å². The van der Waals surface area contributed by atoms with Crippen molar-refractivity contribution in [3.63, 3.8) is 0 Å². The summed E-state index contributed by atoms with van der Waals surface area (Å²) in [7, 11) is 0. The van der Waals surface area contributed by atoms with Crippen LogP contribution in [0.15, 0.2) is 54.7 Å². The van der Waals surface area contributed by atoms with Gasteiger partial charge in [0, 0.05) is 0 Å². The molecule has 2 nitrogen and oxygen atoms in total. The van der Waals surface area contributed by atoms with Crippen LogP contribution in [0.5, 0.6) is 11.5 Å². The molecule has 0 saturated heterocycles. The van der Waals surface area contributed by atoms with Crippen LogP contribution < -0.4 is 9.13 Å². The fraction of sp³-hybridized carbons (Fsp3) is 0.174. The van der Waals surface area contributed by atoms with Crippen molar-refractivity contribution < 1.29 is 4.74 Å². The number of nitrogens with zero attached hydrogens (tertiary/aromatic N) is 1. The molecule has 3 aromatic carbocycles. The molecule has 26 heavy (non-hydrogen) atoms. The molecule has 0 unspecified atom stereocenters. The van der Waals surface area contributed by atoms with Crippen molar-refractivity contribution in [2.45, 2.75) is 24.2 Å². The molecule has 0 amide bonds. The van der Waals surface area contributed by atoms with Gasteiger partial charge in [0.25, 0.3) is 0 Å². The molecule has 1 aromatic heterocycles. The summed E-state index contributed by atoms with van der Waals surface area (Å²) in [4.78, 5) is 4.79. The molecule has 2 heterocycles. The van der Waals surface area contributed by atoms with Gasteiger partial charge < -0.3 is 0 Å². The molecule has 0 bridgehead atoms. The fourth-order valence-corrected chi connectivity index (χ4v) is 7.49. The van der Waals surface area contributed by atoms with Gasteiger partial charge in [-0.2, -0.15) is 0 Å². The molecule has 0 atom stereocenters. The maximum absolute atomic E-state index is 6.44. The Kier molecular flexibility index (Phi) is 3.26. The van der Waals surface area contributed by atoms with Gasteiger partial charge in [-0.25, -0.2) is 0 Å². The first-order chi connectivity index (χ1) is 12.4. The number of pyridine rings is 1. The van der Waals surface area contributed by atoms with Crippen molar-refractivity contribution in [3.8, 4) is 22.8 Å². The normalized spacial score (nSPS) is 12.9. The number of hydrogen-bond acceptors (Lipinski definition) is 2. The van der Waals surface area contributed by atoms with E-state index >= 15 is 0 Å². The van der Waals surface area contributed by atoms with Crippen LogP contribution in [0.2, 0.25) is 17.3 Å². The third-order valence-electron chi connectivity index (χ3n) is 5.41. The molecule has 0 fully saturated rings. The molecule has 1 aliphatic heterocycles. The van der Waals surface area contributed by atoms with Gasteiger partial charge in [-0.1, -0.05) is 0 Å². The van der Waals surface area contributed by atoms with E-state index in [2.05, 4.69) is 72.7 Å². The molecule has 0 saturated carbocycles. The summed E-state index contributed by atoms with van der Waals surface area (Å²) in [5, 5.41) is 4.96. The average molecular weight is 400 g/mol. The molecule has 4 aromatic rings. The van der Waals surface area contributed by atoms with Gasteiger partial charge in [0.05, 0.1) is 0 Å². The van der Waals surface area contributed by atoms with E-state index < -0.39 is 13.3 Å². The predicted octanol–water partition coefficient (Wildman–Crippen LogP) is 6.01. The summed E-state index contributed by atoms with van der Waals surface area (Å²) in [5.74, 6) is 9.19. The summed E-state index contributed by atoms with van der Waals surface area (Å²) < 4.78 is 7.95. The summed E-state index contributed by atoms with van der Waals surface area (Å²) >= 11 is -2.00. The Balaban J connectivity index is 1.92. The molecule has 5 rings (SSSR count). The van der Waals surface area contributed by atoms with Gasteiger partial charge >= 0.3 is 156 Å².